The van der Waals surface area contributed by atoms with Crippen molar-refractivity contribution in [2.24, 2.45) is 4.99 Å². The lowest BCUT2D eigenvalue weighted by atomic mass is 10.1. The van der Waals surface area contributed by atoms with Crippen LogP contribution < -0.4 is 9.54 Å². The molecule has 0 N–H and O–H groups in total. The van der Waals surface area contributed by atoms with Crippen LogP contribution in [0.15, 0.2) is 45.8 Å². The number of nitrogens with zero attached hydrogens (tertiary/aromatic N) is 2. The normalized spacial score (nSPS) is 11.9. The second-order valence-corrected chi connectivity index (χ2v) is 7.72. The summed E-state index contributed by atoms with van der Waals surface area (Å²) in [5.74, 6) is 2.99. The lowest BCUT2D eigenvalue weighted by Gasteiger charge is -2.02. The molecule has 0 unspecified atom stereocenters. The van der Waals surface area contributed by atoms with E-state index >= 15 is 0 Å². The van der Waals surface area contributed by atoms with E-state index in [4.69, 9.17) is 15.6 Å². The summed E-state index contributed by atoms with van der Waals surface area (Å²) in [4.78, 5) is 17.8. The minimum Gasteiger partial charge on any atom is -0.490 e. The van der Waals surface area contributed by atoms with Crippen LogP contribution in [0, 0.1) is 26.2 Å². The van der Waals surface area contributed by atoms with Crippen LogP contribution in [0.4, 0.5) is 0 Å². The third-order valence-electron chi connectivity index (χ3n) is 4.58. The average molecular weight is 404 g/mol. The Morgan fingerprint density at radius 2 is 2.14 bits per heavy atom. The van der Waals surface area contributed by atoms with Crippen LogP contribution >= 0.6 is 11.3 Å². The van der Waals surface area contributed by atoms with Gasteiger partial charge in [-0.25, -0.2) is 0 Å². The molecule has 2 aromatic carbocycles. The first kappa shape index (κ1) is 19.0. The first-order valence-corrected chi connectivity index (χ1v) is 10.1. The predicted octanol–water partition coefficient (Wildman–Crippen LogP) is 4.84. The maximum atomic E-state index is 12.9. The van der Waals surface area contributed by atoms with Crippen LogP contribution in [0.2, 0.25) is 0 Å². The summed E-state index contributed by atoms with van der Waals surface area (Å²) >= 11 is 1.45. The third-order valence-corrected chi connectivity index (χ3v) is 5.81. The Morgan fingerprint density at radius 3 is 2.90 bits per heavy atom. The van der Waals surface area contributed by atoms with E-state index in [1.54, 1.807) is 6.07 Å². The van der Waals surface area contributed by atoms with E-state index in [1.165, 1.54) is 11.3 Å². The largest absolute Gasteiger partial charge is 0.490 e. The number of hydrogen-bond acceptors (Lipinski definition) is 4. The molecule has 0 aliphatic carbocycles. The molecule has 29 heavy (non-hydrogen) atoms. The number of hydrogen-bond donors (Lipinski definition) is 0. The lowest BCUT2D eigenvalue weighted by Crippen LogP contribution is -2.16. The molecule has 0 aliphatic rings. The fourth-order valence-corrected chi connectivity index (χ4v) is 4.47. The molecular formula is C23H20N2O3S. The van der Waals surface area contributed by atoms with Crippen LogP contribution in [0.25, 0.3) is 21.2 Å². The summed E-state index contributed by atoms with van der Waals surface area (Å²) in [7, 11) is 0. The van der Waals surface area contributed by atoms with E-state index in [0.29, 0.717) is 29.3 Å². The number of carbonyl (C=O) groups excluding carboxylic acids is 1. The van der Waals surface area contributed by atoms with Crippen molar-refractivity contribution >= 4 is 38.4 Å². The molecule has 2 heterocycles. The molecule has 0 fully saturated rings. The Bertz CT molecular complexity index is 1350. The topological polar surface area (TPSA) is 56.7 Å². The number of aromatic nitrogens is 1. The lowest BCUT2D eigenvalue weighted by molar-refractivity contribution is 0.0973. The average Bonchev–Trinajstić information content (AvgIpc) is 3.26. The number of fused-ring (bicyclic) bond motifs is 2. The Kier molecular flexibility index (Phi) is 4.99. The van der Waals surface area contributed by atoms with E-state index in [0.717, 1.165) is 26.7 Å². The van der Waals surface area contributed by atoms with Crippen molar-refractivity contribution < 1.29 is 13.9 Å². The molecule has 0 atom stereocenters. The highest BCUT2D eigenvalue weighted by molar-refractivity contribution is 7.16. The van der Waals surface area contributed by atoms with Gasteiger partial charge in [0.05, 0.1) is 23.4 Å². The van der Waals surface area contributed by atoms with Gasteiger partial charge in [-0.2, -0.15) is 4.99 Å². The zero-order valence-corrected chi connectivity index (χ0v) is 17.3. The zero-order valence-electron chi connectivity index (χ0n) is 16.5. The van der Waals surface area contributed by atoms with Crippen molar-refractivity contribution in [3.63, 3.8) is 0 Å². The van der Waals surface area contributed by atoms with E-state index in [-0.39, 0.29) is 5.76 Å². The summed E-state index contributed by atoms with van der Waals surface area (Å²) < 4.78 is 14.3. The Labute approximate surface area is 172 Å². The van der Waals surface area contributed by atoms with E-state index < -0.39 is 5.91 Å². The Hall–Kier alpha value is -3.30. The summed E-state index contributed by atoms with van der Waals surface area (Å²) in [6.07, 6.45) is 5.57. The Balaban J connectivity index is 1.85. The number of thiazole rings is 1. The highest BCUT2D eigenvalue weighted by Crippen LogP contribution is 2.29. The predicted molar refractivity (Wildman–Crippen MR) is 115 cm³/mol. The molecule has 6 heteroatoms. The Morgan fingerprint density at radius 1 is 1.31 bits per heavy atom. The van der Waals surface area contributed by atoms with Crippen LogP contribution in [0.1, 0.15) is 28.6 Å². The van der Waals surface area contributed by atoms with Crippen molar-refractivity contribution in [3.8, 4) is 18.1 Å². The molecule has 5 nitrogen and oxygen atoms in total. The van der Waals surface area contributed by atoms with Gasteiger partial charge in [0.1, 0.15) is 0 Å². The standard InChI is InChI=1S/C23H20N2O3S/c1-5-10-25-17-12-14(3)11-15(4)21(17)29-23(25)24-22(26)19-13-16-8-7-9-18(27-6-2)20(16)28-19/h1,7-9,11-13H,6,10H2,2-4H3. The van der Waals surface area contributed by atoms with Gasteiger partial charge in [0.2, 0.25) is 0 Å². The molecule has 0 aliphatic heterocycles. The van der Waals surface area contributed by atoms with Gasteiger partial charge in [0.15, 0.2) is 21.9 Å². The van der Waals surface area contributed by atoms with Crippen LogP contribution in [0.5, 0.6) is 5.75 Å². The molecule has 0 saturated heterocycles. The second-order valence-electron chi connectivity index (χ2n) is 6.74. The number of carbonyl (C=O) groups is 1. The minimum atomic E-state index is -0.449. The van der Waals surface area contributed by atoms with Crippen LogP contribution in [0.3, 0.4) is 0 Å². The highest BCUT2D eigenvalue weighted by atomic mass is 32.1. The summed E-state index contributed by atoms with van der Waals surface area (Å²) in [5, 5.41) is 0.800. The molecule has 0 bridgehead atoms. The van der Waals surface area contributed by atoms with Crippen molar-refractivity contribution in [1.29, 1.82) is 0 Å². The van der Waals surface area contributed by atoms with Crippen molar-refractivity contribution in [3.05, 3.63) is 58.1 Å². The van der Waals surface area contributed by atoms with Gasteiger partial charge >= 0.3 is 5.91 Å². The fraction of sp³-hybridized carbons (Fsp3) is 0.217. The SMILES string of the molecule is C#CCn1c(=NC(=O)c2cc3cccc(OCC)c3o2)sc2c(C)cc(C)cc21. The molecule has 4 rings (SSSR count). The monoisotopic (exact) mass is 404 g/mol. The number of benzene rings is 2. The maximum absolute atomic E-state index is 12.9. The first-order chi connectivity index (χ1) is 14.0. The number of ether oxygens (including phenoxy) is 1. The number of furan rings is 1. The van der Waals surface area contributed by atoms with E-state index in [9.17, 15) is 4.79 Å². The summed E-state index contributed by atoms with van der Waals surface area (Å²) in [6.45, 7) is 6.84. The molecular weight excluding hydrogens is 384 g/mol. The molecule has 1 amide bonds. The van der Waals surface area contributed by atoms with Gasteiger partial charge in [-0.05, 0) is 50.1 Å². The number of rotatable bonds is 4. The fourth-order valence-electron chi connectivity index (χ4n) is 3.39. The molecule has 2 aromatic heterocycles. The molecule has 4 aromatic rings. The highest BCUT2D eigenvalue weighted by Gasteiger charge is 2.16. The molecule has 0 radical (unpaired) electrons. The molecule has 146 valence electrons. The number of terminal acetylenes is 1. The van der Waals surface area contributed by atoms with E-state index in [1.807, 2.05) is 43.5 Å². The maximum Gasteiger partial charge on any atom is 0.315 e. The third kappa shape index (κ3) is 3.45. The second kappa shape index (κ2) is 7.61. The minimum absolute atomic E-state index is 0.171. The molecule has 0 saturated carbocycles. The van der Waals surface area contributed by atoms with Crippen LogP contribution in [-0.4, -0.2) is 17.1 Å². The van der Waals surface area contributed by atoms with Gasteiger partial charge in [-0.3, -0.25) is 4.79 Å². The van der Waals surface area contributed by atoms with Gasteiger partial charge in [0.25, 0.3) is 0 Å². The van der Waals surface area contributed by atoms with Gasteiger partial charge in [-0.1, -0.05) is 35.5 Å². The van der Waals surface area contributed by atoms with Crippen molar-refractivity contribution in [1.82, 2.24) is 4.57 Å². The summed E-state index contributed by atoms with van der Waals surface area (Å²) in [5.41, 5.74) is 3.80. The van der Waals surface area contributed by atoms with Gasteiger partial charge in [-0.15, -0.1) is 6.42 Å². The number of amides is 1. The van der Waals surface area contributed by atoms with Gasteiger partial charge in [0, 0.05) is 5.39 Å². The van der Waals surface area contributed by atoms with Crippen molar-refractivity contribution in [2.75, 3.05) is 6.61 Å². The van der Waals surface area contributed by atoms with E-state index in [2.05, 4.69) is 23.0 Å². The quantitative estimate of drug-likeness (QED) is 0.458. The smallest absolute Gasteiger partial charge is 0.315 e. The van der Waals surface area contributed by atoms with Crippen LogP contribution in [-0.2, 0) is 6.54 Å². The first-order valence-electron chi connectivity index (χ1n) is 9.30. The molecule has 0 spiro atoms. The number of aryl methyl sites for hydroxylation is 2. The number of para-hydroxylation sites is 1. The summed E-state index contributed by atoms with van der Waals surface area (Å²) in [6, 6.07) is 11.4. The zero-order chi connectivity index (χ0) is 20.5. The van der Waals surface area contributed by atoms with Gasteiger partial charge < -0.3 is 13.7 Å². The van der Waals surface area contributed by atoms with Crippen molar-refractivity contribution in [2.45, 2.75) is 27.3 Å².